The van der Waals surface area contributed by atoms with Crippen molar-refractivity contribution in [2.24, 2.45) is 4.99 Å². The molecular formula is C5H8F2N2. The molecule has 1 heterocycles. The van der Waals surface area contributed by atoms with E-state index >= 15 is 0 Å². The maximum absolute atomic E-state index is 12.0. The van der Waals surface area contributed by atoms with Crippen molar-refractivity contribution in [3.05, 3.63) is 0 Å². The van der Waals surface area contributed by atoms with E-state index in [1.807, 2.05) is 0 Å². The first-order chi connectivity index (χ1) is 4.15. The zero-order valence-corrected chi connectivity index (χ0v) is 5.06. The van der Waals surface area contributed by atoms with E-state index in [1.54, 1.807) is 0 Å². The molecule has 0 amide bonds. The third kappa shape index (κ3) is 1.01. The van der Waals surface area contributed by atoms with Crippen molar-refractivity contribution in [1.82, 2.24) is 5.32 Å². The Bertz CT molecular complexity index is 125. The molecule has 0 saturated carbocycles. The van der Waals surface area contributed by atoms with E-state index in [0.717, 1.165) is 0 Å². The Morgan fingerprint density at radius 2 is 2.44 bits per heavy atom. The highest BCUT2D eigenvalue weighted by Gasteiger charge is 2.35. The molecule has 1 rings (SSSR count). The largest absolute Gasteiger partial charge is 0.364 e. The van der Waals surface area contributed by atoms with Gasteiger partial charge in [-0.3, -0.25) is 4.99 Å². The van der Waals surface area contributed by atoms with Gasteiger partial charge < -0.3 is 5.32 Å². The third-order valence-electron chi connectivity index (χ3n) is 1.39. The van der Waals surface area contributed by atoms with Crippen LogP contribution in [-0.4, -0.2) is 24.8 Å². The lowest BCUT2D eigenvalue weighted by atomic mass is 10.1. The standard InChI is InChI=1S/C5H8F2N2/c1-5(4(6)7)2-8-3-9-5/h3-4H,2H2,1H3,(H,8,9). The predicted molar refractivity (Wildman–Crippen MR) is 30.9 cm³/mol. The van der Waals surface area contributed by atoms with Crippen LogP contribution in [0.2, 0.25) is 0 Å². The number of alkyl halides is 2. The van der Waals surface area contributed by atoms with Crippen LogP contribution in [0.1, 0.15) is 6.92 Å². The summed E-state index contributed by atoms with van der Waals surface area (Å²) >= 11 is 0. The highest BCUT2D eigenvalue weighted by Crippen LogP contribution is 2.17. The summed E-state index contributed by atoms with van der Waals surface area (Å²) in [5, 5.41) is 2.49. The van der Waals surface area contributed by atoms with Crippen LogP contribution in [0.3, 0.4) is 0 Å². The van der Waals surface area contributed by atoms with Gasteiger partial charge in [0, 0.05) is 0 Å². The van der Waals surface area contributed by atoms with Crippen LogP contribution in [0.15, 0.2) is 4.99 Å². The van der Waals surface area contributed by atoms with Crippen LogP contribution in [0.4, 0.5) is 8.78 Å². The van der Waals surface area contributed by atoms with Crippen LogP contribution in [0.25, 0.3) is 0 Å². The summed E-state index contributed by atoms with van der Waals surface area (Å²) in [6.45, 7) is 1.62. The second-order valence-electron chi connectivity index (χ2n) is 2.33. The number of hydrogen-bond acceptors (Lipinski definition) is 2. The molecule has 0 aromatic rings. The molecule has 1 N–H and O–H groups in total. The average Bonchev–Trinajstić information content (AvgIpc) is 2.16. The Balaban J connectivity index is 2.55. The van der Waals surface area contributed by atoms with Gasteiger partial charge in [-0.25, -0.2) is 8.78 Å². The van der Waals surface area contributed by atoms with Gasteiger partial charge >= 0.3 is 0 Å². The molecule has 0 aromatic carbocycles. The predicted octanol–water partition coefficient (Wildman–Crippen LogP) is 0.642. The minimum atomic E-state index is -2.35. The second kappa shape index (κ2) is 1.93. The van der Waals surface area contributed by atoms with E-state index in [9.17, 15) is 8.78 Å². The number of nitrogens with zero attached hydrogens (tertiary/aromatic N) is 1. The highest BCUT2D eigenvalue weighted by atomic mass is 19.3. The third-order valence-corrected chi connectivity index (χ3v) is 1.39. The van der Waals surface area contributed by atoms with E-state index < -0.39 is 12.0 Å². The van der Waals surface area contributed by atoms with E-state index in [1.165, 1.54) is 13.3 Å². The molecule has 0 bridgehead atoms. The molecule has 0 spiro atoms. The van der Waals surface area contributed by atoms with Crippen molar-refractivity contribution in [1.29, 1.82) is 0 Å². The smallest absolute Gasteiger partial charge is 0.262 e. The van der Waals surface area contributed by atoms with E-state index in [2.05, 4.69) is 10.3 Å². The van der Waals surface area contributed by atoms with Gasteiger partial charge in [0.1, 0.15) is 5.54 Å². The minimum absolute atomic E-state index is 0.171. The summed E-state index contributed by atoms with van der Waals surface area (Å²) in [4.78, 5) is 3.64. The second-order valence-corrected chi connectivity index (χ2v) is 2.33. The van der Waals surface area contributed by atoms with Crippen molar-refractivity contribution in [2.75, 3.05) is 6.54 Å². The molecule has 4 heteroatoms. The highest BCUT2D eigenvalue weighted by molar-refractivity contribution is 5.58. The van der Waals surface area contributed by atoms with E-state index in [-0.39, 0.29) is 6.54 Å². The molecule has 0 aromatic heterocycles. The minimum Gasteiger partial charge on any atom is -0.364 e. The van der Waals surface area contributed by atoms with Gasteiger partial charge in [0.15, 0.2) is 0 Å². The monoisotopic (exact) mass is 134 g/mol. The molecular weight excluding hydrogens is 126 g/mol. The Morgan fingerprint density at radius 3 is 2.67 bits per heavy atom. The number of nitrogens with one attached hydrogen (secondary N) is 1. The molecule has 0 saturated heterocycles. The molecule has 0 aliphatic carbocycles. The van der Waals surface area contributed by atoms with Crippen molar-refractivity contribution >= 4 is 6.34 Å². The summed E-state index contributed by atoms with van der Waals surface area (Å²) in [6, 6.07) is 0. The van der Waals surface area contributed by atoms with Gasteiger partial charge in [0.25, 0.3) is 6.43 Å². The van der Waals surface area contributed by atoms with Crippen molar-refractivity contribution in [3.63, 3.8) is 0 Å². The Hall–Kier alpha value is -0.670. The summed E-state index contributed by atoms with van der Waals surface area (Å²) in [6.07, 6.45) is -1.02. The summed E-state index contributed by atoms with van der Waals surface area (Å²) in [7, 11) is 0. The Kier molecular flexibility index (Phi) is 1.38. The van der Waals surface area contributed by atoms with Gasteiger partial charge in [-0.15, -0.1) is 0 Å². The van der Waals surface area contributed by atoms with Crippen molar-refractivity contribution in [3.8, 4) is 0 Å². The van der Waals surface area contributed by atoms with Gasteiger partial charge in [-0.1, -0.05) is 0 Å². The first kappa shape index (κ1) is 6.45. The van der Waals surface area contributed by atoms with Gasteiger partial charge in [-0.05, 0) is 6.92 Å². The van der Waals surface area contributed by atoms with Crippen LogP contribution in [-0.2, 0) is 0 Å². The molecule has 1 unspecified atom stereocenters. The topological polar surface area (TPSA) is 24.4 Å². The average molecular weight is 134 g/mol. The Morgan fingerprint density at radius 1 is 1.78 bits per heavy atom. The molecule has 0 fully saturated rings. The van der Waals surface area contributed by atoms with Gasteiger partial charge in [-0.2, -0.15) is 0 Å². The SMILES string of the molecule is CC1(C(F)F)CN=CN1. The van der Waals surface area contributed by atoms with Gasteiger partial charge in [0.05, 0.1) is 12.9 Å². The zero-order chi connectivity index (χ0) is 6.91. The number of rotatable bonds is 1. The fraction of sp³-hybridized carbons (Fsp3) is 0.800. The first-order valence-corrected chi connectivity index (χ1v) is 2.69. The van der Waals surface area contributed by atoms with Crippen molar-refractivity contribution in [2.45, 2.75) is 18.9 Å². The van der Waals surface area contributed by atoms with Crippen LogP contribution in [0.5, 0.6) is 0 Å². The molecule has 9 heavy (non-hydrogen) atoms. The maximum Gasteiger partial charge on any atom is 0.262 e. The summed E-state index contributed by atoms with van der Waals surface area (Å²) in [5.41, 5.74) is -1.11. The van der Waals surface area contributed by atoms with Crippen LogP contribution >= 0.6 is 0 Å². The normalized spacial score (nSPS) is 33.3. The Labute approximate surface area is 52.0 Å². The number of aliphatic imine (C=N–C) groups is 1. The molecule has 2 nitrogen and oxygen atoms in total. The number of halogens is 2. The lowest BCUT2D eigenvalue weighted by molar-refractivity contribution is 0.0624. The molecule has 1 aliphatic rings. The zero-order valence-electron chi connectivity index (χ0n) is 5.06. The van der Waals surface area contributed by atoms with E-state index in [0.29, 0.717) is 0 Å². The fourth-order valence-electron chi connectivity index (χ4n) is 0.606. The molecule has 1 atom stereocenters. The van der Waals surface area contributed by atoms with Crippen LogP contribution < -0.4 is 5.32 Å². The molecule has 52 valence electrons. The fourth-order valence-corrected chi connectivity index (χ4v) is 0.606. The number of hydrogen-bond donors (Lipinski definition) is 1. The molecule has 1 aliphatic heterocycles. The lowest BCUT2D eigenvalue weighted by Gasteiger charge is -2.21. The summed E-state index contributed by atoms with van der Waals surface area (Å²) in [5.74, 6) is 0. The van der Waals surface area contributed by atoms with E-state index in [4.69, 9.17) is 0 Å². The van der Waals surface area contributed by atoms with Crippen molar-refractivity contribution < 1.29 is 8.78 Å². The first-order valence-electron chi connectivity index (χ1n) is 2.69. The maximum atomic E-state index is 12.0. The quantitative estimate of drug-likeness (QED) is 0.559. The lowest BCUT2D eigenvalue weighted by Crippen LogP contribution is -2.46. The molecule has 0 radical (unpaired) electrons. The van der Waals surface area contributed by atoms with Gasteiger partial charge in [0.2, 0.25) is 0 Å². The van der Waals surface area contributed by atoms with Crippen LogP contribution in [0, 0.1) is 0 Å². The summed E-state index contributed by atoms with van der Waals surface area (Å²) < 4.78 is 24.0.